The summed E-state index contributed by atoms with van der Waals surface area (Å²) >= 11 is 5.89. The van der Waals surface area contributed by atoms with Gasteiger partial charge >= 0.3 is 0 Å². The molecule has 0 unspecified atom stereocenters. The van der Waals surface area contributed by atoms with Gasteiger partial charge in [0.2, 0.25) is 0 Å². The van der Waals surface area contributed by atoms with E-state index in [-0.39, 0.29) is 6.79 Å². The number of alkyl halides is 1. The lowest BCUT2D eigenvalue weighted by molar-refractivity contribution is 0.0485. The zero-order valence-electron chi connectivity index (χ0n) is 9.26. The van der Waals surface area contributed by atoms with Gasteiger partial charge in [-0.2, -0.15) is 0 Å². The molecule has 0 N–H and O–H groups in total. The highest BCUT2D eigenvalue weighted by Gasteiger charge is 2.13. The van der Waals surface area contributed by atoms with E-state index < -0.39 is 0 Å². The predicted octanol–water partition coefficient (Wildman–Crippen LogP) is 3.42. The highest BCUT2D eigenvalue weighted by atomic mass is 127. The van der Waals surface area contributed by atoms with Crippen LogP contribution in [-0.4, -0.2) is 25.4 Å². The third-order valence-corrected chi connectivity index (χ3v) is 3.45. The second-order valence-electron chi connectivity index (χ2n) is 3.06. The molecule has 5 heteroatoms. The van der Waals surface area contributed by atoms with Gasteiger partial charge < -0.3 is 14.2 Å². The molecule has 0 aliphatic rings. The van der Waals surface area contributed by atoms with Crippen molar-refractivity contribution in [3.05, 3.63) is 22.2 Å². The number of aryl methyl sites for hydroxylation is 1. The number of halogens is 2. The minimum Gasteiger partial charge on any atom is -0.493 e. The molecule has 0 radical (unpaired) electrons. The van der Waals surface area contributed by atoms with E-state index in [0.29, 0.717) is 11.5 Å². The van der Waals surface area contributed by atoms with Gasteiger partial charge in [-0.05, 0) is 34.0 Å². The van der Waals surface area contributed by atoms with Gasteiger partial charge in [-0.15, -0.1) is 0 Å². The van der Waals surface area contributed by atoms with Crippen LogP contribution in [0.1, 0.15) is 5.56 Å². The quantitative estimate of drug-likeness (QED) is 0.416. The van der Waals surface area contributed by atoms with E-state index in [1.165, 1.54) is 5.56 Å². The van der Waals surface area contributed by atoms with Gasteiger partial charge in [0.05, 0.1) is 11.6 Å². The summed E-state index contributed by atoms with van der Waals surface area (Å²) in [5.41, 5.74) is 1.21. The first kappa shape index (κ1) is 14.1. The normalized spacial score (nSPS) is 10.2. The molecule has 1 aromatic rings. The molecule has 0 heterocycles. The molecule has 0 amide bonds. The maximum atomic E-state index is 5.50. The number of ether oxygens (including phenoxy) is 3. The Morgan fingerprint density at radius 2 is 2.06 bits per heavy atom. The van der Waals surface area contributed by atoms with Crippen LogP contribution in [0.25, 0.3) is 0 Å². The highest BCUT2D eigenvalue weighted by molar-refractivity contribution is 14.1. The van der Waals surface area contributed by atoms with Crippen molar-refractivity contribution in [3.63, 3.8) is 0 Å². The molecule has 1 rings (SSSR count). The Balaban J connectivity index is 3.02. The van der Waals surface area contributed by atoms with Gasteiger partial charge in [-0.25, -0.2) is 0 Å². The van der Waals surface area contributed by atoms with Crippen LogP contribution in [0.4, 0.5) is 0 Å². The van der Waals surface area contributed by atoms with Gasteiger partial charge in [-0.1, -0.05) is 28.7 Å². The Morgan fingerprint density at radius 3 is 2.62 bits per heavy atom. The van der Waals surface area contributed by atoms with Crippen molar-refractivity contribution < 1.29 is 14.2 Å². The number of methoxy groups -OCH3 is 2. The van der Waals surface area contributed by atoms with Crippen LogP contribution >= 0.6 is 38.5 Å². The molecule has 0 spiro atoms. The summed E-state index contributed by atoms with van der Waals surface area (Å²) in [5, 5.41) is 0. The Morgan fingerprint density at radius 1 is 1.31 bits per heavy atom. The van der Waals surface area contributed by atoms with Crippen LogP contribution in [-0.2, 0) is 11.2 Å². The van der Waals surface area contributed by atoms with E-state index in [0.717, 1.165) is 15.3 Å². The Bertz CT molecular complexity index is 344. The molecule has 0 atom stereocenters. The summed E-state index contributed by atoms with van der Waals surface area (Å²) in [6.45, 7) is 0.211. The molecule has 3 nitrogen and oxygen atoms in total. The molecule has 0 saturated heterocycles. The molecule has 0 bridgehead atoms. The molecule has 1 aromatic carbocycles. The standard InChI is InChI=1S/C11H14BrIO3/c1-14-7-16-11-9(15-2)4-3-8(5-6-13)10(11)12/h3-4H,5-7H2,1-2H3. The van der Waals surface area contributed by atoms with Crippen molar-refractivity contribution in [2.75, 3.05) is 25.4 Å². The molecular formula is C11H14BrIO3. The van der Waals surface area contributed by atoms with Crippen LogP contribution < -0.4 is 9.47 Å². The fraction of sp³-hybridized carbons (Fsp3) is 0.455. The SMILES string of the molecule is COCOc1c(OC)ccc(CCI)c1Br. The topological polar surface area (TPSA) is 27.7 Å². The third kappa shape index (κ3) is 3.49. The number of benzene rings is 1. The maximum Gasteiger partial charge on any atom is 0.188 e. The zero-order chi connectivity index (χ0) is 12.0. The van der Waals surface area contributed by atoms with E-state index in [2.05, 4.69) is 38.5 Å². The summed E-state index contributed by atoms with van der Waals surface area (Å²) in [7, 11) is 3.22. The molecule has 16 heavy (non-hydrogen) atoms. The van der Waals surface area contributed by atoms with E-state index in [9.17, 15) is 0 Å². The largest absolute Gasteiger partial charge is 0.493 e. The average Bonchev–Trinajstić information content (AvgIpc) is 2.30. The smallest absolute Gasteiger partial charge is 0.188 e. The lowest BCUT2D eigenvalue weighted by Gasteiger charge is -2.14. The van der Waals surface area contributed by atoms with Crippen molar-refractivity contribution in [1.29, 1.82) is 0 Å². The maximum absolute atomic E-state index is 5.50. The highest BCUT2D eigenvalue weighted by Crippen LogP contribution is 2.38. The van der Waals surface area contributed by atoms with Crippen molar-refractivity contribution >= 4 is 38.5 Å². The van der Waals surface area contributed by atoms with Crippen molar-refractivity contribution in [1.82, 2.24) is 0 Å². The van der Waals surface area contributed by atoms with Crippen LogP contribution in [0, 0.1) is 0 Å². The molecule has 90 valence electrons. The molecular weight excluding hydrogens is 387 g/mol. The molecule has 0 aliphatic carbocycles. The van der Waals surface area contributed by atoms with Crippen LogP contribution in [0.5, 0.6) is 11.5 Å². The second-order valence-corrected chi connectivity index (χ2v) is 4.93. The van der Waals surface area contributed by atoms with Crippen LogP contribution in [0.2, 0.25) is 0 Å². The van der Waals surface area contributed by atoms with E-state index in [1.54, 1.807) is 14.2 Å². The number of hydrogen-bond donors (Lipinski definition) is 0. The Labute approximate surface area is 118 Å². The van der Waals surface area contributed by atoms with E-state index in [1.807, 2.05) is 12.1 Å². The van der Waals surface area contributed by atoms with Crippen molar-refractivity contribution in [2.24, 2.45) is 0 Å². The first-order valence-corrected chi connectivity index (χ1v) is 7.09. The minimum atomic E-state index is 0.211. The Kier molecular flexibility index (Phi) is 6.45. The van der Waals surface area contributed by atoms with E-state index >= 15 is 0 Å². The fourth-order valence-corrected chi connectivity index (χ4v) is 2.51. The van der Waals surface area contributed by atoms with Gasteiger partial charge in [0.25, 0.3) is 0 Å². The fourth-order valence-electron chi connectivity index (χ4n) is 1.29. The number of hydrogen-bond acceptors (Lipinski definition) is 3. The first-order valence-electron chi connectivity index (χ1n) is 4.77. The van der Waals surface area contributed by atoms with Gasteiger partial charge in [0.15, 0.2) is 18.3 Å². The minimum absolute atomic E-state index is 0.211. The monoisotopic (exact) mass is 400 g/mol. The second kappa shape index (κ2) is 7.34. The van der Waals surface area contributed by atoms with Gasteiger partial charge in [-0.3, -0.25) is 0 Å². The molecule has 0 saturated carbocycles. The predicted molar refractivity (Wildman–Crippen MR) is 75.8 cm³/mol. The molecule has 0 aliphatic heterocycles. The average molecular weight is 401 g/mol. The van der Waals surface area contributed by atoms with Crippen LogP contribution in [0.3, 0.4) is 0 Å². The lowest BCUT2D eigenvalue weighted by atomic mass is 10.1. The summed E-state index contributed by atoms with van der Waals surface area (Å²) in [5.74, 6) is 1.41. The van der Waals surface area contributed by atoms with E-state index in [4.69, 9.17) is 14.2 Å². The molecule has 0 fully saturated rings. The van der Waals surface area contributed by atoms with Crippen LogP contribution in [0.15, 0.2) is 16.6 Å². The third-order valence-electron chi connectivity index (χ3n) is 2.05. The summed E-state index contributed by atoms with van der Waals surface area (Å²) in [6, 6.07) is 3.96. The van der Waals surface area contributed by atoms with Crippen molar-refractivity contribution in [2.45, 2.75) is 6.42 Å². The number of rotatable bonds is 6. The van der Waals surface area contributed by atoms with Gasteiger partial charge in [0, 0.05) is 11.5 Å². The van der Waals surface area contributed by atoms with Gasteiger partial charge in [0.1, 0.15) is 0 Å². The lowest BCUT2D eigenvalue weighted by Crippen LogP contribution is -2.03. The summed E-state index contributed by atoms with van der Waals surface area (Å²) in [4.78, 5) is 0. The summed E-state index contributed by atoms with van der Waals surface area (Å²) < 4.78 is 17.6. The first-order chi connectivity index (χ1) is 7.74. The van der Waals surface area contributed by atoms with Crippen molar-refractivity contribution in [3.8, 4) is 11.5 Å². The summed E-state index contributed by atoms with van der Waals surface area (Å²) in [6.07, 6.45) is 0.995. The molecule has 0 aromatic heterocycles. The zero-order valence-corrected chi connectivity index (χ0v) is 13.0. The Hall–Kier alpha value is -0.01000.